The normalized spacial score (nSPS) is 13.2. The highest BCUT2D eigenvalue weighted by Crippen LogP contribution is 2.25. The third kappa shape index (κ3) is 3.78. The number of carbonyl (C=O) groups excluding carboxylic acids is 1. The van der Waals surface area contributed by atoms with Gasteiger partial charge in [-0.15, -0.1) is 0 Å². The highest BCUT2D eigenvalue weighted by molar-refractivity contribution is 6.31. The minimum absolute atomic E-state index is 0.0403. The van der Waals surface area contributed by atoms with Gasteiger partial charge in [-0.3, -0.25) is 9.78 Å². The Balaban J connectivity index is 1.52. The van der Waals surface area contributed by atoms with Gasteiger partial charge in [-0.2, -0.15) is 0 Å². The Morgan fingerprint density at radius 2 is 1.93 bits per heavy atom. The summed E-state index contributed by atoms with van der Waals surface area (Å²) < 4.78 is 13.3. The lowest BCUT2D eigenvalue weighted by atomic mass is 9.99. The molecule has 136 valence electrons. The number of carbonyl (C=O) groups is 1. The predicted octanol–water partition coefficient (Wildman–Crippen LogP) is 4.69. The van der Waals surface area contributed by atoms with Gasteiger partial charge in [-0.25, -0.2) is 4.39 Å². The first-order valence-corrected chi connectivity index (χ1v) is 9.02. The largest absolute Gasteiger partial charge is 0.367 e. The maximum absolute atomic E-state index is 13.3. The zero-order valence-electron chi connectivity index (χ0n) is 14.5. The molecule has 0 atom stereocenters. The number of halogens is 2. The van der Waals surface area contributed by atoms with Gasteiger partial charge in [0.1, 0.15) is 11.5 Å². The summed E-state index contributed by atoms with van der Waals surface area (Å²) in [5, 5.41) is 2.66. The number of benzene rings is 2. The summed E-state index contributed by atoms with van der Waals surface area (Å²) >= 11 is 5.76. The fraction of sp³-hybridized carbons (Fsp3) is 0.143. The second-order valence-corrected chi connectivity index (χ2v) is 6.83. The molecule has 2 aromatic carbocycles. The van der Waals surface area contributed by atoms with E-state index in [-0.39, 0.29) is 10.9 Å². The number of nitrogens with zero attached hydrogens (tertiary/aromatic N) is 2. The lowest BCUT2D eigenvalue weighted by Crippen LogP contribution is -2.30. The van der Waals surface area contributed by atoms with Crippen LogP contribution >= 0.6 is 11.6 Å². The summed E-state index contributed by atoms with van der Waals surface area (Å²) in [4.78, 5) is 18.9. The number of pyridine rings is 1. The monoisotopic (exact) mass is 381 g/mol. The van der Waals surface area contributed by atoms with Crippen LogP contribution in [-0.2, 0) is 13.0 Å². The molecular weight excluding hydrogens is 365 g/mol. The molecule has 0 aliphatic carbocycles. The number of nitrogens with one attached hydrogen (secondary N) is 1. The lowest BCUT2D eigenvalue weighted by Gasteiger charge is -2.30. The first-order valence-electron chi connectivity index (χ1n) is 8.64. The van der Waals surface area contributed by atoms with Crippen molar-refractivity contribution in [3.05, 3.63) is 88.5 Å². The predicted molar refractivity (Wildman–Crippen MR) is 105 cm³/mol. The smallest absolute Gasteiger partial charge is 0.274 e. The van der Waals surface area contributed by atoms with E-state index < -0.39 is 5.82 Å². The van der Waals surface area contributed by atoms with E-state index >= 15 is 0 Å². The molecule has 1 N–H and O–H groups in total. The van der Waals surface area contributed by atoms with E-state index in [1.807, 2.05) is 12.1 Å². The fourth-order valence-corrected chi connectivity index (χ4v) is 3.41. The van der Waals surface area contributed by atoms with Crippen LogP contribution in [0.3, 0.4) is 0 Å². The van der Waals surface area contributed by atoms with E-state index in [0.717, 1.165) is 25.2 Å². The first-order chi connectivity index (χ1) is 13.1. The quantitative estimate of drug-likeness (QED) is 0.716. The zero-order chi connectivity index (χ0) is 18.8. The van der Waals surface area contributed by atoms with Gasteiger partial charge >= 0.3 is 0 Å². The molecule has 1 aliphatic heterocycles. The summed E-state index contributed by atoms with van der Waals surface area (Å²) in [6.07, 6.45) is 2.59. The number of aromatic nitrogens is 1. The minimum atomic E-state index is -0.528. The van der Waals surface area contributed by atoms with Gasteiger partial charge in [-0.05, 0) is 47.9 Å². The molecular formula is C21H17ClFN3O. The Labute approximate surface area is 161 Å². The second kappa shape index (κ2) is 7.37. The highest BCUT2D eigenvalue weighted by Gasteiger charge is 2.18. The molecule has 0 saturated carbocycles. The van der Waals surface area contributed by atoms with Crippen molar-refractivity contribution >= 4 is 28.9 Å². The minimum Gasteiger partial charge on any atom is -0.367 e. The van der Waals surface area contributed by atoms with Crippen LogP contribution in [0.5, 0.6) is 0 Å². The molecule has 0 bridgehead atoms. The third-order valence-corrected chi connectivity index (χ3v) is 4.94. The van der Waals surface area contributed by atoms with Crippen molar-refractivity contribution < 1.29 is 9.18 Å². The molecule has 1 aromatic heterocycles. The van der Waals surface area contributed by atoms with Crippen LogP contribution in [0.4, 0.5) is 15.8 Å². The van der Waals surface area contributed by atoms with E-state index in [2.05, 4.69) is 33.4 Å². The number of hydrogen-bond donors (Lipinski definition) is 1. The molecule has 0 unspecified atom stereocenters. The van der Waals surface area contributed by atoms with Crippen LogP contribution in [0, 0.1) is 5.82 Å². The Hall–Kier alpha value is -2.92. The van der Waals surface area contributed by atoms with Gasteiger partial charge in [0, 0.05) is 30.7 Å². The number of amides is 1. The van der Waals surface area contributed by atoms with Crippen molar-refractivity contribution in [2.75, 3.05) is 16.8 Å². The van der Waals surface area contributed by atoms with Crippen LogP contribution in [0.25, 0.3) is 0 Å². The molecule has 4 nitrogen and oxygen atoms in total. The maximum atomic E-state index is 13.3. The fourth-order valence-electron chi connectivity index (χ4n) is 3.23. The molecule has 4 rings (SSSR count). The lowest BCUT2D eigenvalue weighted by molar-refractivity contribution is 0.102. The van der Waals surface area contributed by atoms with Gasteiger partial charge in [-0.1, -0.05) is 35.9 Å². The number of fused-ring (bicyclic) bond motifs is 1. The van der Waals surface area contributed by atoms with E-state index in [1.165, 1.54) is 29.3 Å². The van der Waals surface area contributed by atoms with Gasteiger partial charge < -0.3 is 10.2 Å². The Morgan fingerprint density at radius 3 is 2.74 bits per heavy atom. The molecule has 0 fully saturated rings. The zero-order valence-corrected chi connectivity index (χ0v) is 15.2. The molecule has 0 saturated heterocycles. The highest BCUT2D eigenvalue weighted by atomic mass is 35.5. The molecule has 3 aromatic rings. The molecule has 1 amide bonds. The van der Waals surface area contributed by atoms with Gasteiger partial charge in [0.05, 0.1) is 5.02 Å². The van der Waals surface area contributed by atoms with Crippen molar-refractivity contribution in [1.29, 1.82) is 0 Å². The van der Waals surface area contributed by atoms with Crippen molar-refractivity contribution in [3.8, 4) is 0 Å². The Morgan fingerprint density at radius 1 is 1.11 bits per heavy atom. The summed E-state index contributed by atoms with van der Waals surface area (Å²) in [6.45, 7) is 1.68. The van der Waals surface area contributed by atoms with E-state index in [9.17, 15) is 9.18 Å². The van der Waals surface area contributed by atoms with E-state index in [0.29, 0.717) is 11.4 Å². The first kappa shape index (κ1) is 17.5. The molecule has 2 heterocycles. The van der Waals surface area contributed by atoms with E-state index in [1.54, 1.807) is 12.3 Å². The van der Waals surface area contributed by atoms with Crippen LogP contribution in [0.2, 0.25) is 5.02 Å². The number of rotatable bonds is 3. The standard InChI is InChI=1S/C21H17ClFN3O/c22-18-11-16(5-6-19(18)23)25-21(27)20-12-17(7-9-24-20)26-10-8-14-3-1-2-4-15(14)13-26/h1-7,9,11-12H,8,10,13H2,(H,25,27). The number of hydrogen-bond acceptors (Lipinski definition) is 3. The summed E-state index contributed by atoms with van der Waals surface area (Å²) in [5.74, 6) is -0.892. The Bertz CT molecular complexity index is 1010. The average molecular weight is 382 g/mol. The topological polar surface area (TPSA) is 45.2 Å². The summed E-state index contributed by atoms with van der Waals surface area (Å²) in [5.41, 5.74) is 4.33. The molecule has 0 radical (unpaired) electrons. The van der Waals surface area contributed by atoms with Crippen molar-refractivity contribution in [3.63, 3.8) is 0 Å². The van der Waals surface area contributed by atoms with Crippen LogP contribution in [0.1, 0.15) is 21.6 Å². The van der Waals surface area contributed by atoms with E-state index in [4.69, 9.17) is 11.6 Å². The van der Waals surface area contributed by atoms with Gasteiger partial charge in [0.15, 0.2) is 0 Å². The Kier molecular flexibility index (Phi) is 4.77. The average Bonchev–Trinajstić information content (AvgIpc) is 2.70. The molecule has 0 spiro atoms. The molecule has 27 heavy (non-hydrogen) atoms. The van der Waals surface area contributed by atoms with Crippen molar-refractivity contribution in [1.82, 2.24) is 4.98 Å². The van der Waals surface area contributed by atoms with Crippen LogP contribution < -0.4 is 10.2 Å². The van der Waals surface area contributed by atoms with Crippen molar-refractivity contribution in [2.24, 2.45) is 0 Å². The van der Waals surface area contributed by atoms with Crippen LogP contribution in [-0.4, -0.2) is 17.4 Å². The van der Waals surface area contributed by atoms with Crippen molar-refractivity contribution in [2.45, 2.75) is 13.0 Å². The maximum Gasteiger partial charge on any atom is 0.274 e. The van der Waals surface area contributed by atoms with Crippen LogP contribution in [0.15, 0.2) is 60.8 Å². The van der Waals surface area contributed by atoms with Gasteiger partial charge in [0.2, 0.25) is 0 Å². The molecule has 1 aliphatic rings. The number of anilines is 2. The SMILES string of the molecule is O=C(Nc1ccc(F)c(Cl)c1)c1cc(N2CCc3ccccc3C2)ccn1. The van der Waals surface area contributed by atoms with Gasteiger partial charge in [0.25, 0.3) is 5.91 Å². The summed E-state index contributed by atoms with van der Waals surface area (Å²) in [6, 6.07) is 16.1. The summed E-state index contributed by atoms with van der Waals surface area (Å²) in [7, 11) is 0. The second-order valence-electron chi connectivity index (χ2n) is 6.42. The molecule has 6 heteroatoms. The third-order valence-electron chi connectivity index (χ3n) is 4.65.